The maximum Gasteiger partial charge on any atom is 0.253 e. The molecule has 1 aromatic carbocycles. The van der Waals surface area contributed by atoms with Gasteiger partial charge in [-0.05, 0) is 18.2 Å². The van der Waals surface area contributed by atoms with Crippen molar-refractivity contribution in [2.24, 2.45) is 5.92 Å². The molecule has 90 valence electrons. The van der Waals surface area contributed by atoms with E-state index < -0.39 is 0 Å². The number of carbonyl (C=O) groups is 2. The van der Waals surface area contributed by atoms with Crippen LogP contribution in [0.3, 0.4) is 0 Å². The summed E-state index contributed by atoms with van der Waals surface area (Å²) in [5.41, 5.74) is 0.582. The van der Waals surface area contributed by atoms with Crippen molar-refractivity contribution in [1.82, 2.24) is 4.90 Å². The van der Waals surface area contributed by atoms with Crippen molar-refractivity contribution in [3.63, 3.8) is 0 Å². The number of benzene rings is 1. The summed E-state index contributed by atoms with van der Waals surface area (Å²) in [5.74, 6) is 0.124. The van der Waals surface area contributed by atoms with Crippen LogP contribution in [0.25, 0.3) is 0 Å². The van der Waals surface area contributed by atoms with Crippen molar-refractivity contribution in [2.75, 3.05) is 13.1 Å². The number of likely N-dealkylation sites (tertiary alicyclic amines) is 1. The number of hydrogen-bond donors (Lipinski definition) is 0. The van der Waals surface area contributed by atoms with Crippen LogP contribution in [0.1, 0.15) is 23.7 Å². The highest BCUT2D eigenvalue weighted by atomic mass is 35.5. The van der Waals surface area contributed by atoms with Crippen molar-refractivity contribution in [3.05, 3.63) is 34.9 Å². The molecule has 17 heavy (non-hydrogen) atoms. The first kappa shape index (κ1) is 12.1. The van der Waals surface area contributed by atoms with Crippen LogP contribution in [-0.2, 0) is 4.79 Å². The fraction of sp³-hybridized carbons (Fsp3) is 0.385. The molecule has 2 rings (SSSR count). The van der Waals surface area contributed by atoms with E-state index in [0.29, 0.717) is 30.1 Å². The van der Waals surface area contributed by atoms with E-state index in [1.165, 1.54) is 0 Å². The van der Waals surface area contributed by atoms with Gasteiger partial charge in [0, 0.05) is 36.0 Å². The van der Waals surface area contributed by atoms with Gasteiger partial charge in [0.05, 0.1) is 0 Å². The standard InChI is InChI=1S/C13H14ClNO2/c1-9-8-15(6-5-12(9)16)13(17)10-3-2-4-11(14)7-10/h2-4,7,9H,5-6,8H2,1H3. The molecule has 1 aromatic rings. The van der Waals surface area contributed by atoms with Crippen LogP contribution >= 0.6 is 11.6 Å². The molecule has 0 aromatic heterocycles. The van der Waals surface area contributed by atoms with Crippen LogP contribution in [0.4, 0.5) is 0 Å². The molecule has 0 saturated carbocycles. The summed E-state index contributed by atoms with van der Waals surface area (Å²) >= 11 is 5.85. The molecule has 1 heterocycles. The number of nitrogens with zero attached hydrogens (tertiary/aromatic N) is 1. The Morgan fingerprint density at radius 2 is 2.24 bits per heavy atom. The van der Waals surface area contributed by atoms with Gasteiger partial charge in [0.1, 0.15) is 5.78 Å². The summed E-state index contributed by atoms with van der Waals surface area (Å²) in [5, 5.41) is 0.553. The fourth-order valence-corrected chi connectivity index (χ4v) is 2.19. The van der Waals surface area contributed by atoms with Crippen LogP contribution in [0.2, 0.25) is 5.02 Å². The molecule has 1 amide bonds. The number of amides is 1. The number of Topliss-reactive ketones (excluding diaryl/α,β-unsaturated/α-hetero) is 1. The van der Waals surface area contributed by atoms with E-state index >= 15 is 0 Å². The van der Waals surface area contributed by atoms with E-state index in [0.717, 1.165) is 0 Å². The maximum atomic E-state index is 12.2. The quantitative estimate of drug-likeness (QED) is 0.769. The lowest BCUT2D eigenvalue weighted by atomic mass is 9.98. The second-order valence-electron chi connectivity index (χ2n) is 4.38. The van der Waals surface area contributed by atoms with E-state index in [1.807, 2.05) is 6.92 Å². The number of ketones is 1. The Hall–Kier alpha value is -1.35. The van der Waals surface area contributed by atoms with Crippen LogP contribution in [0.15, 0.2) is 24.3 Å². The number of piperidine rings is 1. The van der Waals surface area contributed by atoms with Crippen molar-refractivity contribution in [3.8, 4) is 0 Å². The number of hydrogen-bond acceptors (Lipinski definition) is 2. The Labute approximate surface area is 105 Å². The lowest BCUT2D eigenvalue weighted by Gasteiger charge is -2.30. The second kappa shape index (κ2) is 4.88. The number of rotatable bonds is 1. The predicted molar refractivity (Wildman–Crippen MR) is 66.1 cm³/mol. The van der Waals surface area contributed by atoms with Crippen molar-refractivity contribution >= 4 is 23.3 Å². The largest absolute Gasteiger partial charge is 0.337 e. The minimum atomic E-state index is -0.0631. The smallest absolute Gasteiger partial charge is 0.253 e. The summed E-state index contributed by atoms with van der Waals surface area (Å²) < 4.78 is 0. The highest BCUT2D eigenvalue weighted by Crippen LogP contribution is 2.17. The molecular formula is C13H14ClNO2. The topological polar surface area (TPSA) is 37.4 Å². The zero-order valence-electron chi connectivity index (χ0n) is 9.65. The average molecular weight is 252 g/mol. The molecular weight excluding hydrogens is 238 g/mol. The first-order valence-electron chi connectivity index (χ1n) is 5.65. The van der Waals surface area contributed by atoms with Gasteiger partial charge in [-0.3, -0.25) is 9.59 Å². The summed E-state index contributed by atoms with van der Waals surface area (Å²) in [6.07, 6.45) is 0.452. The Morgan fingerprint density at radius 3 is 2.88 bits per heavy atom. The third kappa shape index (κ3) is 2.67. The monoisotopic (exact) mass is 251 g/mol. The van der Waals surface area contributed by atoms with Crippen molar-refractivity contribution < 1.29 is 9.59 Å². The van der Waals surface area contributed by atoms with Gasteiger partial charge < -0.3 is 4.90 Å². The van der Waals surface area contributed by atoms with E-state index in [9.17, 15) is 9.59 Å². The molecule has 4 heteroatoms. The molecule has 3 nitrogen and oxygen atoms in total. The summed E-state index contributed by atoms with van der Waals surface area (Å²) in [4.78, 5) is 25.3. The summed E-state index contributed by atoms with van der Waals surface area (Å²) in [6, 6.07) is 6.90. The molecule has 0 bridgehead atoms. The molecule has 0 spiro atoms. The van der Waals surface area contributed by atoms with Crippen LogP contribution in [-0.4, -0.2) is 29.7 Å². The zero-order chi connectivity index (χ0) is 12.4. The predicted octanol–water partition coefficient (Wildman–Crippen LogP) is 2.39. The van der Waals surface area contributed by atoms with Gasteiger partial charge in [-0.25, -0.2) is 0 Å². The van der Waals surface area contributed by atoms with Gasteiger partial charge in [0.25, 0.3) is 5.91 Å². The summed E-state index contributed by atoms with van der Waals surface area (Å²) in [6.45, 7) is 2.87. The van der Waals surface area contributed by atoms with Gasteiger partial charge in [-0.1, -0.05) is 24.6 Å². The maximum absolute atomic E-state index is 12.2. The van der Waals surface area contributed by atoms with Crippen LogP contribution in [0.5, 0.6) is 0 Å². The van der Waals surface area contributed by atoms with Crippen molar-refractivity contribution in [2.45, 2.75) is 13.3 Å². The van der Waals surface area contributed by atoms with E-state index in [4.69, 9.17) is 11.6 Å². The third-order valence-corrected chi connectivity index (χ3v) is 3.27. The molecule has 0 aliphatic carbocycles. The molecule has 1 aliphatic rings. The third-order valence-electron chi connectivity index (χ3n) is 3.03. The molecule has 1 saturated heterocycles. The Morgan fingerprint density at radius 1 is 1.47 bits per heavy atom. The highest BCUT2D eigenvalue weighted by molar-refractivity contribution is 6.30. The average Bonchev–Trinajstić information content (AvgIpc) is 2.32. The van der Waals surface area contributed by atoms with Crippen LogP contribution in [0, 0.1) is 5.92 Å². The Balaban J connectivity index is 2.13. The number of halogens is 1. The van der Waals surface area contributed by atoms with E-state index in [2.05, 4.69) is 0 Å². The van der Waals surface area contributed by atoms with E-state index in [1.54, 1.807) is 29.2 Å². The van der Waals surface area contributed by atoms with E-state index in [-0.39, 0.29) is 17.6 Å². The summed E-state index contributed by atoms with van der Waals surface area (Å²) in [7, 11) is 0. The number of carbonyl (C=O) groups excluding carboxylic acids is 2. The molecule has 0 radical (unpaired) electrons. The van der Waals surface area contributed by atoms with Crippen molar-refractivity contribution in [1.29, 1.82) is 0 Å². The molecule has 1 unspecified atom stereocenters. The normalized spacial score (nSPS) is 20.5. The first-order valence-corrected chi connectivity index (χ1v) is 6.03. The molecule has 1 fully saturated rings. The van der Waals surface area contributed by atoms with Gasteiger partial charge in [-0.15, -0.1) is 0 Å². The lowest BCUT2D eigenvalue weighted by Crippen LogP contribution is -2.43. The zero-order valence-corrected chi connectivity index (χ0v) is 10.4. The fourth-order valence-electron chi connectivity index (χ4n) is 2.00. The first-order chi connectivity index (χ1) is 8.08. The molecule has 1 aliphatic heterocycles. The molecule has 1 atom stereocenters. The Bertz CT molecular complexity index is 458. The van der Waals surface area contributed by atoms with Gasteiger partial charge in [0.15, 0.2) is 0 Å². The molecule has 0 N–H and O–H groups in total. The second-order valence-corrected chi connectivity index (χ2v) is 4.82. The SMILES string of the molecule is CC1CN(C(=O)c2cccc(Cl)c2)CCC1=O. The lowest BCUT2D eigenvalue weighted by molar-refractivity contribution is -0.124. The van der Waals surface area contributed by atoms with Gasteiger partial charge in [-0.2, -0.15) is 0 Å². The minimum absolute atomic E-state index is 0.0492. The van der Waals surface area contributed by atoms with Gasteiger partial charge in [0.2, 0.25) is 0 Å². The minimum Gasteiger partial charge on any atom is -0.337 e. The van der Waals surface area contributed by atoms with Gasteiger partial charge >= 0.3 is 0 Å². The Kier molecular flexibility index (Phi) is 3.48. The highest BCUT2D eigenvalue weighted by Gasteiger charge is 2.27. The van der Waals surface area contributed by atoms with Crippen LogP contribution < -0.4 is 0 Å².